The molecule has 4 rings (SSSR count). The molecule has 1 amide bonds. The summed E-state index contributed by atoms with van der Waals surface area (Å²) in [5, 5.41) is 0.994. The number of H-pyrrole nitrogens is 1. The first-order chi connectivity index (χ1) is 14.8. The summed E-state index contributed by atoms with van der Waals surface area (Å²) in [6.07, 6.45) is 2.04. The van der Waals surface area contributed by atoms with Crippen LogP contribution in [0.5, 0.6) is 0 Å². The number of esters is 1. The summed E-state index contributed by atoms with van der Waals surface area (Å²) in [5.74, 6) is -0.179. The van der Waals surface area contributed by atoms with E-state index in [1.807, 2.05) is 17.0 Å². The molecule has 31 heavy (non-hydrogen) atoms. The van der Waals surface area contributed by atoms with Crippen LogP contribution in [0.1, 0.15) is 59.9 Å². The Balaban J connectivity index is 1.45. The number of methoxy groups -OCH3 is 1. The number of aryl methyl sites for hydroxylation is 1. The lowest BCUT2D eigenvalue weighted by Crippen LogP contribution is -2.35. The van der Waals surface area contributed by atoms with Crippen molar-refractivity contribution in [2.24, 2.45) is 0 Å². The van der Waals surface area contributed by atoms with Crippen LogP contribution in [0.4, 0.5) is 0 Å². The largest absolute Gasteiger partial charge is 0.465 e. The standard InChI is InChI=1S/C26H30N2O3/c1-26(2,3)19-9-5-17(6-10-19)7-12-24(29)28-14-13-23-21(16-28)20-15-18(25(30)31-4)8-11-22(20)27-23/h5-6,8-11,15,27H,7,12-14,16H2,1-4H3. The summed E-state index contributed by atoms with van der Waals surface area (Å²) in [7, 11) is 1.39. The molecule has 0 aliphatic carbocycles. The van der Waals surface area contributed by atoms with Crippen LogP contribution in [0.2, 0.25) is 0 Å². The van der Waals surface area contributed by atoms with E-state index in [0.717, 1.165) is 35.0 Å². The number of benzene rings is 2. The normalized spacial score (nSPS) is 13.9. The van der Waals surface area contributed by atoms with Gasteiger partial charge in [-0.3, -0.25) is 4.79 Å². The Morgan fingerprint density at radius 2 is 1.84 bits per heavy atom. The van der Waals surface area contributed by atoms with Crippen LogP contribution in [0.15, 0.2) is 42.5 Å². The molecule has 0 radical (unpaired) electrons. The molecule has 1 aliphatic heterocycles. The number of ether oxygens (including phenoxy) is 1. The number of hydrogen-bond donors (Lipinski definition) is 1. The zero-order valence-electron chi connectivity index (χ0n) is 18.7. The fourth-order valence-corrected chi connectivity index (χ4v) is 4.25. The molecule has 0 fully saturated rings. The van der Waals surface area contributed by atoms with Crippen molar-refractivity contribution in [2.45, 2.75) is 52.0 Å². The van der Waals surface area contributed by atoms with Crippen molar-refractivity contribution in [3.63, 3.8) is 0 Å². The lowest BCUT2D eigenvalue weighted by molar-refractivity contribution is -0.132. The van der Waals surface area contributed by atoms with E-state index in [4.69, 9.17) is 4.74 Å². The van der Waals surface area contributed by atoms with Crippen molar-refractivity contribution < 1.29 is 14.3 Å². The molecular weight excluding hydrogens is 388 g/mol. The van der Waals surface area contributed by atoms with Crippen molar-refractivity contribution in [1.29, 1.82) is 0 Å². The van der Waals surface area contributed by atoms with E-state index >= 15 is 0 Å². The van der Waals surface area contributed by atoms with Gasteiger partial charge < -0.3 is 14.6 Å². The maximum absolute atomic E-state index is 12.9. The van der Waals surface area contributed by atoms with Gasteiger partial charge in [-0.2, -0.15) is 0 Å². The topological polar surface area (TPSA) is 62.4 Å². The van der Waals surface area contributed by atoms with Gasteiger partial charge in [0.1, 0.15) is 0 Å². The van der Waals surface area contributed by atoms with Crippen molar-refractivity contribution in [2.75, 3.05) is 13.7 Å². The zero-order valence-corrected chi connectivity index (χ0v) is 18.7. The van der Waals surface area contributed by atoms with Gasteiger partial charge in [0.2, 0.25) is 5.91 Å². The van der Waals surface area contributed by atoms with Gasteiger partial charge in [0.25, 0.3) is 0 Å². The molecule has 3 aromatic rings. The van der Waals surface area contributed by atoms with E-state index in [1.54, 1.807) is 6.07 Å². The third-order valence-electron chi connectivity index (χ3n) is 6.20. The van der Waals surface area contributed by atoms with Crippen LogP contribution in [0.3, 0.4) is 0 Å². The van der Waals surface area contributed by atoms with Crippen LogP contribution in [0, 0.1) is 0 Å². The molecular formula is C26H30N2O3. The highest BCUT2D eigenvalue weighted by Gasteiger charge is 2.24. The van der Waals surface area contributed by atoms with Crippen LogP contribution >= 0.6 is 0 Å². The quantitative estimate of drug-likeness (QED) is 0.621. The molecule has 0 saturated carbocycles. The summed E-state index contributed by atoms with van der Waals surface area (Å²) < 4.78 is 4.85. The lowest BCUT2D eigenvalue weighted by atomic mass is 9.86. The first kappa shape index (κ1) is 21.2. The number of nitrogens with zero attached hydrogens (tertiary/aromatic N) is 1. The maximum Gasteiger partial charge on any atom is 0.337 e. The molecule has 0 atom stereocenters. The van der Waals surface area contributed by atoms with Crippen LogP contribution in [0.25, 0.3) is 10.9 Å². The van der Waals surface area contributed by atoms with E-state index in [2.05, 4.69) is 50.0 Å². The molecule has 5 nitrogen and oxygen atoms in total. The van der Waals surface area contributed by atoms with E-state index in [-0.39, 0.29) is 17.3 Å². The van der Waals surface area contributed by atoms with Crippen LogP contribution in [-0.2, 0) is 34.3 Å². The predicted molar refractivity (Wildman–Crippen MR) is 122 cm³/mol. The van der Waals surface area contributed by atoms with Gasteiger partial charge in [0.05, 0.1) is 12.7 Å². The minimum Gasteiger partial charge on any atom is -0.465 e. The average molecular weight is 419 g/mol. The second-order valence-electron chi connectivity index (χ2n) is 9.35. The number of aromatic nitrogens is 1. The fraction of sp³-hybridized carbons (Fsp3) is 0.385. The van der Waals surface area contributed by atoms with E-state index in [0.29, 0.717) is 25.1 Å². The molecule has 1 aromatic heterocycles. The number of aromatic amines is 1. The molecule has 5 heteroatoms. The number of nitrogens with one attached hydrogen (secondary N) is 1. The number of carbonyl (C=O) groups excluding carboxylic acids is 2. The summed E-state index contributed by atoms with van der Waals surface area (Å²) in [5.41, 5.74) is 6.40. The summed E-state index contributed by atoms with van der Waals surface area (Å²) in [4.78, 5) is 30.2. The highest BCUT2D eigenvalue weighted by atomic mass is 16.5. The second-order valence-corrected chi connectivity index (χ2v) is 9.35. The van der Waals surface area contributed by atoms with Gasteiger partial charge in [-0.25, -0.2) is 4.79 Å². The Kier molecular flexibility index (Phi) is 5.61. The molecule has 0 bridgehead atoms. The van der Waals surface area contributed by atoms with Crippen molar-refractivity contribution >= 4 is 22.8 Å². The SMILES string of the molecule is COC(=O)c1ccc2[nH]c3c(c2c1)CN(C(=O)CCc1ccc(C(C)(C)C)cc1)CC3. The van der Waals surface area contributed by atoms with Gasteiger partial charge in [0, 0.05) is 48.1 Å². The Hall–Kier alpha value is -3.08. The summed E-state index contributed by atoms with van der Waals surface area (Å²) in [6.45, 7) is 7.90. The molecule has 1 N–H and O–H groups in total. The van der Waals surface area contributed by atoms with E-state index < -0.39 is 0 Å². The lowest BCUT2D eigenvalue weighted by Gasteiger charge is -2.27. The molecule has 162 valence electrons. The highest BCUT2D eigenvalue weighted by Crippen LogP contribution is 2.29. The van der Waals surface area contributed by atoms with Gasteiger partial charge in [0.15, 0.2) is 0 Å². The number of amides is 1. The first-order valence-corrected chi connectivity index (χ1v) is 10.9. The highest BCUT2D eigenvalue weighted by molar-refractivity contribution is 5.96. The molecule has 0 spiro atoms. The number of rotatable bonds is 4. The number of carbonyl (C=O) groups is 2. The van der Waals surface area contributed by atoms with Gasteiger partial charge in [-0.1, -0.05) is 45.0 Å². The summed E-state index contributed by atoms with van der Waals surface area (Å²) >= 11 is 0. The first-order valence-electron chi connectivity index (χ1n) is 10.9. The average Bonchev–Trinajstić information content (AvgIpc) is 3.13. The predicted octanol–water partition coefficient (Wildman–Crippen LogP) is 4.77. The molecule has 2 aromatic carbocycles. The van der Waals surface area contributed by atoms with Crippen LogP contribution < -0.4 is 0 Å². The number of fused-ring (bicyclic) bond motifs is 3. The van der Waals surface area contributed by atoms with Crippen molar-refractivity contribution in [3.05, 3.63) is 70.4 Å². The zero-order chi connectivity index (χ0) is 22.2. The van der Waals surface area contributed by atoms with Gasteiger partial charge >= 0.3 is 5.97 Å². The second kappa shape index (κ2) is 8.22. The molecule has 0 saturated heterocycles. The third-order valence-corrected chi connectivity index (χ3v) is 6.20. The minimum atomic E-state index is -0.349. The molecule has 2 heterocycles. The maximum atomic E-state index is 12.9. The monoisotopic (exact) mass is 418 g/mol. The van der Waals surface area contributed by atoms with Crippen molar-refractivity contribution in [3.8, 4) is 0 Å². The smallest absolute Gasteiger partial charge is 0.337 e. The molecule has 0 unspecified atom stereocenters. The fourth-order valence-electron chi connectivity index (χ4n) is 4.25. The third kappa shape index (κ3) is 4.36. The number of hydrogen-bond acceptors (Lipinski definition) is 3. The Labute approximate surface area is 183 Å². The summed E-state index contributed by atoms with van der Waals surface area (Å²) in [6, 6.07) is 14.1. The van der Waals surface area contributed by atoms with Gasteiger partial charge in [-0.15, -0.1) is 0 Å². The van der Waals surface area contributed by atoms with E-state index in [9.17, 15) is 9.59 Å². The van der Waals surface area contributed by atoms with Gasteiger partial charge in [-0.05, 0) is 41.2 Å². The van der Waals surface area contributed by atoms with E-state index in [1.165, 1.54) is 18.2 Å². The van der Waals surface area contributed by atoms with Crippen LogP contribution in [-0.4, -0.2) is 35.4 Å². The Morgan fingerprint density at radius 3 is 2.52 bits per heavy atom. The van der Waals surface area contributed by atoms with Crippen molar-refractivity contribution in [1.82, 2.24) is 9.88 Å². The Morgan fingerprint density at radius 1 is 1.10 bits per heavy atom. The minimum absolute atomic E-state index is 0.132. The molecule has 1 aliphatic rings. The Bertz CT molecular complexity index is 1120.